The van der Waals surface area contributed by atoms with E-state index in [1.54, 1.807) is 0 Å². The summed E-state index contributed by atoms with van der Waals surface area (Å²) in [5, 5.41) is 0. The molecule has 0 N–H and O–H groups in total. The Hall–Kier alpha value is -0.920. The van der Waals surface area contributed by atoms with Crippen LogP contribution in [0.4, 0.5) is 0 Å². The molecule has 1 aromatic heterocycles. The molecule has 1 aromatic rings. The van der Waals surface area contributed by atoms with E-state index in [0.717, 1.165) is 29.9 Å². The van der Waals surface area contributed by atoms with Gasteiger partial charge in [-0.05, 0) is 26.7 Å². The molecule has 13 heavy (non-hydrogen) atoms. The molecule has 0 unspecified atom stereocenters. The predicted molar refractivity (Wildman–Crippen MR) is 54.8 cm³/mol. The Bertz CT molecular complexity index is 277. The van der Waals surface area contributed by atoms with Gasteiger partial charge in [-0.3, -0.25) is 9.97 Å². The van der Waals surface area contributed by atoms with Crippen molar-refractivity contribution in [1.82, 2.24) is 9.97 Å². The van der Waals surface area contributed by atoms with Gasteiger partial charge in [-0.2, -0.15) is 0 Å². The number of aromatic nitrogens is 2. The molecule has 2 heteroatoms. The smallest absolute Gasteiger partial charge is 0.0620 e. The average molecular weight is 178 g/mol. The predicted octanol–water partition coefficient (Wildman–Crippen LogP) is 3.00. The van der Waals surface area contributed by atoms with Crippen molar-refractivity contribution < 1.29 is 0 Å². The van der Waals surface area contributed by atoms with E-state index in [1.165, 1.54) is 0 Å². The van der Waals surface area contributed by atoms with E-state index < -0.39 is 0 Å². The molecular formula is C11H18N2. The fraction of sp³-hybridized carbons (Fsp3) is 0.636. The van der Waals surface area contributed by atoms with Crippen molar-refractivity contribution in [2.75, 3.05) is 0 Å². The second-order valence-corrected chi connectivity index (χ2v) is 3.48. The van der Waals surface area contributed by atoms with Crippen molar-refractivity contribution in [2.45, 2.75) is 46.5 Å². The number of hydrogen-bond acceptors (Lipinski definition) is 2. The Kier molecular flexibility index (Phi) is 3.40. The van der Waals surface area contributed by atoms with E-state index >= 15 is 0 Å². The van der Waals surface area contributed by atoms with Gasteiger partial charge in [0, 0.05) is 12.1 Å². The zero-order chi connectivity index (χ0) is 9.84. The third-order valence-corrected chi connectivity index (χ3v) is 2.61. The highest BCUT2D eigenvalue weighted by atomic mass is 14.8. The Labute approximate surface area is 80.4 Å². The summed E-state index contributed by atoms with van der Waals surface area (Å²) in [6.45, 7) is 8.42. The van der Waals surface area contributed by atoms with Gasteiger partial charge in [0.05, 0.1) is 17.1 Å². The van der Waals surface area contributed by atoms with E-state index in [2.05, 4.69) is 23.8 Å². The number of hydrogen-bond donors (Lipinski definition) is 0. The van der Waals surface area contributed by atoms with Crippen molar-refractivity contribution in [3.8, 4) is 0 Å². The summed E-state index contributed by atoms with van der Waals surface area (Å²) in [5.41, 5.74) is 3.24. The molecule has 2 nitrogen and oxygen atoms in total. The van der Waals surface area contributed by atoms with Gasteiger partial charge in [0.1, 0.15) is 0 Å². The molecule has 0 fully saturated rings. The number of nitrogens with zero attached hydrogens (tertiary/aromatic N) is 2. The molecule has 1 rings (SSSR count). The van der Waals surface area contributed by atoms with Gasteiger partial charge in [0.25, 0.3) is 0 Å². The van der Waals surface area contributed by atoms with Crippen LogP contribution in [0.5, 0.6) is 0 Å². The standard InChI is InChI=1S/C11H18N2/c1-5-10(6-2)11-7-12-8(3)9(4)13-11/h7,10H,5-6H2,1-4H3. The second kappa shape index (κ2) is 4.35. The maximum Gasteiger partial charge on any atom is 0.0620 e. The van der Waals surface area contributed by atoms with Gasteiger partial charge in [0.2, 0.25) is 0 Å². The highest BCUT2D eigenvalue weighted by Gasteiger charge is 2.09. The fourth-order valence-electron chi connectivity index (χ4n) is 1.46. The molecule has 0 atom stereocenters. The van der Waals surface area contributed by atoms with Crippen LogP contribution in [0.2, 0.25) is 0 Å². The van der Waals surface area contributed by atoms with Crippen LogP contribution in [0, 0.1) is 13.8 Å². The summed E-state index contributed by atoms with van der Waals surface area (Å²) in [6.07, 6.45) is 4.21. The van der Waals surface area contributed by atoms with Crippen LogP contribution in [0.3, 0.4) is 0 Å². The first-order chi connectivity index (χ1) is 6.19. The molecule has 0 aliphatic carbocycles. The highest BCUT2D eigenvalue weighted by Crippen LogP contribution is 2.20. The Morgan fingerprint density at radius 2 is 1.77 bits per heavy atom. The Morgan fingerprint density at radius 1 is 1.15 bits per heavy atom. The molecule has 1 heterocycles. The van der Waals surface area contributed by atoms with Crippen molar-refractivity contribution >= 4 is 0 Å². The molecule has 72 valence electrons. The maximum atomic E-state index is 4.55. The molecule has 0 amide bonds. The SMILES string of the molecule is CCC(CC)c1cnc(C)c(C)n1. The third-order valence-electron chi connectivity index (χ3n) is 2.61. The second-order valence-electron chi connectivity index (χ2n) is 3.48. The lowest BCUT2D eigenvalue weighted by Crippen LogP contribution is -2.03. The lowest BCUT2D eigenvalue weighted by molar-refractivity contribution is 0.616. The van der Waals surface area contributed by atoms with Gasteiger partial charge < -0.3 is 0 Å². The molecule has 0 saturated heterocycles. The van der Waals surface area contributed by atoms with Crippen LogP contribution >= 0.6 is 0 Å². The maximum absolute atomic E-state index is 4.55. The number of aryl methyl sites for hydroxylation is 2. The first-order valence-corrected chi connectivity index (χ1v) is 4.99. The Morgan fingerprint density at radius 3 is 2.23 bits per heavy atom. The molecular weight excluding hydrogens is 160 g/mol. The van der Waals surface area contributed by atoms with Crippen molar-refractivity contribution in [3.63, 3.8) is 0 Å². The fourth-order valence-corrected chi connectivity index (χ4v) is 1.46. The molecule has 0 aromatic carbocycles. The monoisotopic (exact) mass is 178 g/mol. The zero-order valence-corrected chi connectivity index (χ0v) is 8.96. The van der Waals surface area contributed by atoms with E-state index in [1.807, 2.05) is 20.0 Å². The largest absolute Gasteiger partial charge is 0.258 e. The summed E-state index contributed by atoms with van der Waals surface area (Å²) in [6, 6.07) is 0. The first kappa shape index (κ1) is 10.2. The van der Waals surface area contributed by atoms with Crippen LogP contribution in [-0.4, -0.2) is 9.97 Å². The minimum absolute atomic E-state index is 0.576. The number of rotatable bonds is 3. The van der Waals surface area contributed by atoms with Gasteiger partial charge in [0.15, 0.2) is 0 Å². The lowest BCUT2D eigenvalue weighted by atomic mass is 10.00. The first-order valence-electron chi connectivity index (χ1n) is 4.99. The van der Waals surface area contributed by atoms with Gasteiger partial charge in [-0.25, -0.2) is 0 Å². The van der Waals surface area contributed by atoms with Crippen molar-refractivity contribution in [2.24, 2.45) is 0 Å². The molecule has 0 bridgehead atoms. The topological polar surface area (TPSA) is 25.8 Å². The van der Waals surface area contributed by atoms with E-state index in [-0.39, 0.29) is 0 Å². The van der Waals surface area contributed by atoms with Crippen LogP contribution in [0.1, 0.15) is 49.7 Å². The third kappa shape index (κ3) is 2.27. The highest BCUT2D eigenvalue weighted by molar-refractivity contribution is 5.13. The molecule has 0 saturated carbocycles. The van der Waals surface area contributed by atoms with Crippen LogP contribution < -0.4 is 0 Å². The molecule has 0 aliphatic heterocycles. The minimum Gasteiger partial charge on any atom is -0.258 e. The molecule has 0 aliphatic rings. The van der Waals surface area contributed by atoms with Crippen molar-refractivity contribution in [1.29, 1.82) is 0 Å². The van der Waals surface area contributed by atoms with Gasteiger partial charge >= 0.3 is 0 Å². The van der Waals surface area contributed by atoms with Gasteiger partial charge in [-0.15, -0.1) is 0 Å². The average Bonchev–Trinajstić information content (AvgIpc) is 2.13. The summed E-state index contributed by atoms with van der Waals surface area (Å²) in [7, 11) is 0. The quantitative estimate of drug-likeness (QED) is 0.711. The van der Waals surface area contributed by atoms with Crippen LogP contribution in [0.15, 0.2) is 6.20 Å². The molecule has 0 spiro atoms. The van der Waals surface area contributed by atoms with Crippen LogP contribution in [-0.2, 0) is 0 Å². The summed E-state index contributed by atoms with van der Waals surface area (Å²) in [5.74, 6) is 0.576. The molecule has 0 radical (unpaired) electrons. The van der Waals surface area contributed by atoms with E-state index in [0.29, 0.717) is 5.92 Å². The summed E-state index contributed by atoms with van der Waals surface area (Å²) >= 11 is 0. The minimum atomic E-state index is 0.576. The summed E-state index contributed by atoms with van der Waals surface area (Å²) < 4.78 is 0. The lowest BCUT2D eigenvalue weighted by Gasteiger charge is -2.12. The Balaban J connectivity index is 2.95. The van der Waals surface area contributed by atoms with Crippen LogP contribution in [0.25, 0.3) is 0 Å². The van der Waals surface area contributed by atoms with E-state index in [4.69, 9.17) is 0 Å². The summed E-state index contributed by atoms with van der Waals surface area (Å²) in [4.78, 5) is 8.89. The normalized spacial score (nSPS) is 10.8. The zero-order valence-electron chi connectivity index (χ0n) is 8.96. The van der Waals surface area contributed by atoms with Gasteiger partial charge in [-0.1, -0.05) is 13.8 Å². The van der Waals surface area contributed by atoms with Crippen molar-refractivity contribution in [3.05, 3.63) is 23.3 Å². The van der Waals surface area contributed by atoms with E-state index in [9.17, 15) is 0 Å².